The summed E-state index contributed by atoms with van der Waals surface area (Å²) < 4.78 is 11.9. The molecule has 0 spiro atoms. The summed E-state index contributed by atoms with van der Waals surface area (Å²) >= 11 is 0. The van der Waals surface area contributed by atoms with Gasteiger partial charge in [0.1, 0.15) is 5.41 Å². The smallest absolute Gasteiger partial charge is 0.142 e. The Kier molecular flexibility index (Phi) is 3.79. The second-order valence-corrected chi connectivity index (χ2v) is 6.13. The lowest BCUT2D eigenvalue weighted by Gasteiger charge is -2.36. The first-order chi connectivity index (χ1) is 7.70. The molecule has 2 atom stereocenters. The molecular weight excluding hydrogens is 216 g/mol. The lowest BCUT2D eigenvalue weighted by molar-refractivity contribution is -0.220. The van der Waals surface area contributed by atoms with Crippen molar-refractivity contribution in [1.82, 2.24) is 0 Å². The average Bonchev–Trinajstić information content (AvgIpc) is 2.30. The highest BCUT2D eigenvalue weighted by Gasteiger charge is 2.30. The van der Waals surface area contributed by atoms with Gasteiger partial charge in [0, 0.05) is 6.61 Å². The van der Waals surface area contributed by atoms with Gasteiger partial charge in [0.05, 0.1) is 16.3 Å². The fourth-order valence-corrected chi connectivity index (χ4v) is 3.08. The maximum absolute atomic E-state index is 6.10. The molecule has 16 heavy (non-hydrogen) atoms. The van der Waals surface area contributed by atoms with Crippen molar-refractivity contribution in [2.45, 2.75) is 37.7 Å². The van der Waals surface area contributed by atoms with Crippen LogP contribution in [0.4, 0.5) is 0 Å². The van der Waals surface area contributed by atoms with Crippen LogP contribution < -0.4 is 0 Å². The van der Waals surface area contributed by atoms with E-state index >= 15 is 0 Å². The standard InChI is InChI=1S/C13H20O2Si/c1-11(12-7-3-2-4-8-12)15-13(16)9-5-6-10-14-13/h2-4,7-8,11H,5-6,9-10H2,1,16H3. The zero-order valence-corrected chi connectivity index (χ0v) is 12.1. The van der Waals surface area contributed by atoms with E-state index < -0.39 is 0 Å². The van der Waals surface area contributed by atoms with Gasteiger partial charge in [-0.15, -0.1) is 0 Å². The molecule has 2 nitrogen and oxygen atoms in total. The second kappa shape index (κ2) is 5.12. The highest BCUT2D eigenvalue weighted by molar-refractivity contribution is 6.13. The summed E-state index contributed by atoms with van der Waals surface area (Å²) in [6, 6.07) is 10.4. The van der Waals surface area contributed by atoms with E-state index in [0.29, 0.717) is 0 Å². The second-order valence-electron chi connectivity index (χ2n) is 4.61. The van der Waals surface area contributed by atoms with Crippen LogP contribution in [-0.4, -0.2) is 22.3 Å². The molecule has 0 aliphatic carbocycles. The van der Waals surface area contributed by atoms with Crippen LogP contribution in [-0.2, 0) is 9.47 Å². The Bertz CT molecular complexity index is 320. The van der Waals surface area contributed by atoms with Gasteiger partial charge < -0.3 is 9.47 Å². The Morgan fingerprint density at radius 2 is 2.06 bits per heavy atom. The summed E-state index contributed by atoms with van der Waals surface area (Å²) in [4.78, 5) is 0. The van der Waals surface area contributed by atoms with Gasteiger partial charge in [-0.2, -0.15) is 0 Å². The van der Waals surface area contributed by atoms with E-state index in [1.54, 1.807) is 0 Å². The van der Waals surface area contributed by atoms with E-state index in [0.717, 1.165) is 23.3 Å². The molecule has 0 saturated carbocycles. The van der Waals surface area contributed by atoms with Crippen LogP contribution in [0, 0.1) is 0 Å². The minimum Gasteiger partial charge on any atom is -0.355 e. The molecule has 0 aromatic heterocycles. The van der Waals surface area contributed by atoms with Crippen LogP contribution in [0.5, 0.6) is 0 Å². The Hall–Kier alpha value is -0.643. The van der Waals surface area contributed by atoms with Crippen LogP contribution in [0.3, 0.4) is 0 Å². The zero-order valence-electron chi connectivity index (χ0n) is 10.1. The first-order valence-electron chi connectivity index (χ1n) is 6.06. The molecule has 88 valence electrons. The van der Waals surface area contributed by atoms with E-state index in [9.17, 15) is 0 Å². The molecule has 1 aliphatic rings. The first kappa shape index (κ1) is 11.8. The summed E-state index contributed by atoms with van der Waals surface area (Å²) in [6.45, 7) is 2.96. The minimum absolute atomic E-state index is 0.122. The predicted molar refractivity (Wildman–Crippen MR) is 68.4 cm³/mol. The van der Waals surface area contributed by atoms with Crippen molar-refractivity contribution in [1.29, 1.82) is 0 Å². The normalized spacial score (nSPS) is 27.8. The number of hydrogen-bond donors (Lipinski definition) is 0. The summed E-state index contributed by atoms with van der Waals surface area (Å²) in [5.41, 5.74) is 0.972. The van der Waals surface area contributed by atoms with E-state index in [-0.39, 0.29) is 11.5 Å². The average molecular weight is 236 g/mol. The minimum atomic E-state index is -0.256. The van der Waals surface area contributed by atoms with Crippen molar-refractivity contribution in [2.24, 2.45) is 0 Å². The van der Waals surface area contributed by atoms with Crippen molar-refractivity contribution < 1.29 is 9.47 Å². The summed E-state index contributed by atoms with van der Waals surface area (Å²) in [5.74, 6) is 0. The van der Waals surface area contributed by atoms with Crippen LogP contribution in [0.25, 0.3) is 0 Å². The highest BCUT2D eigenvalue weighted by atomic mass is 28.1. The molecule has 2 unspecified atom stereocenters. The monoisotopic (exact) mass is 236 g/mol. The van der Waals surface area contributed by atoms with Gasteiger partial charge in [-0.25, -0.2) is 0 Å². The molecule has 1 heterocycles. The van der Waals surface area contributed by atoms with Crippen molar-refractivity contribution in [3.63, 3.8) is 0 Å². The molecule has 3 heteroatoms. The van der Waals surface area contributed by atoms with Gasteiger partial charge in [0.15, 0.2) is 0 Å². The fraction of sp³-hybridized carbons (Fsp3) is 0.538. The number of benzene rings is 1. The molecule has 0 bridgehead atoms. The topological polar surface area (TPSA) is 18.5 Å². The van der Waals surface area contributed by atoms with Crippen molar-refractivity contribution >= 4 is 10.2 Å². The van der Waals surface area contributed by atoms with Gasteiger partial charge >= 0.3 is 0 Å². The molecule has 2 rings (SSSR count). The molecule has 1 fully saturated rings. The maximum Gasteiger partial charge on any atom is 0.142 e. The van der Waals surface area contributed by atoms with E-state index in [1.807, 2.05) is 6.07 Å². The molecule has 0 amide bonds. The third kappa shape index (κ3) is 2.94. The van der Waals surface area contributed by atoms with Gasteiger partial charge in [-0.1, -0.05) is 30.3 Å². The quantitative estimate of drug-likeness (QED) is 0.747. The van der Waals surface area contributed by atoms with E-state index in [1.165, 1.54) is 18.4 Å². The Morgan fingerprint density at radius 1 is 1.31 bits per heavy atom. The Balaban J connectivity index is 1.98. The van der Waals surface area contributed by atoms with Crippen molar-refractivity contribution in [3.05, 3.63) is 35.9 Å². The molecule has 0 radical (unpaired) electrons. The Morgan fingerprint density at radius 3 is 2.69 bits per heavy atom. The Labute approximate surface area is 100 Å². The number of ether oxygens (including phenoxy) is 2. The van der Waals surface area contributed by atoms with Gasteiger partial charge in [0.25, 0.3) is 0 Å². The van der Waals surface area contributed by atoms with Gasteiger partial charge in [0.2, 0.25) is 0 Å². The van der Waals surface area contributed by atoms with Crippen LogP contribution in [0.2, 0.25) is 0 Å². The number of rotatable bonds is 3. The molecule has 1 aromatic carbocycles. The molecular formula is C13H20O2Si. The fourth-order valence-electron chi connectivity index (χ4n) is 2.17. The molecule has 1 saturated heterocycles. The third-order valence-electron chi connectivity index (χ3n) is 3.13. The lowest BCUT2D eigenvalue weighted by atomic mass is 10.1. The summed E-state index contributed by atoms with van der Waals surface area (Å²) in [7, 11) is 0.935. The molecule has 0 N–H and O–H groups in total. The van der Waals surface area contributed by atoms with Crippen molar-refractivity contribution in [3.8, 4) is 0 Å². The first-order valence-corrected chi connectivity index (χ1v) is 7.06. The van der Waals surface area contributed by atoms with E-state index in [4.69, 9.17) is 9.47 Å². The van der Waals surface area contributed by atoms with E-state index in [2.05, 4.69) is 31.2 Å². The summed E-state index contributed by atoms with van der Waals surface area (Å²) in [5, 5.41) is 0. The van der Waals surface area contributed by atoms with Gasteiger partial charge in [-0.3, -0.25) is 0 Å². The van der Waals surface area contributed by atoms with Gasteiger partial charge in [-0.05, 0) is 31.7 Å². The lowest BCUT2D eigenvalue weighted by Crippen LogP contribution is -2.40. The maximum atomic E-state index is 6.10. The van der Waals surface area contributed by atoms with Crippen LogP contribution in [0.15, 0.2) is 30.3 Å². The molecule has 1 aromatic rings. The third-order valence-corrected chi connectivity index (χ3v) is 4.15. The largest absolute Gasteiger partial charge is 0.355 e. The predicted octanol–water partition coefficient (Wildman–Crippen LogP) is 1.98. The molecule has 1 aliphatic heterocycles. The SMILES string of the molecule is CC(OC1([SiH3])CCCCO1)c1ccccc1. The van der Waals surface area contributed by atoms with Crippen LogP contribution >= 0.6 is 0 Å². The summed E-state index contributed by atoms with van der Waals surface area (Å²) in [6.07, 6.45) is 3.57. The zero-order chi connectivity index (χ0) is 11.4. The highest BCUT2D eigenvalue weighted by Crippen LogP contribution is 2.29. The van der Waals surface area contributed by atoms with Crippen molar-refractivity contribution in [2.75, 3.05) is 6.61 Å². The van der Waals surface area contributed by atoms with Crippen LogP contribution in [0.1, 0.15) is 37.9 Å². The number of hydrogen-bond acceptors (Lipinski definition) is 2.